The molecule has 216 valence electrons. The van der Waals surface area contributed by atoms with E-state index in [9.17, 15) is 14.3 Å². The lowest BCUT2D eigenvalue weighted by Gasteiger charge is -2.33. The lowest BCUT2D eigenvalue weighted by Crippen LogP contribution is -2.37. The summed E-state index contributed by atoms with van der Waals surface area (Å²) in [6.45, 7) is 6.70. The number of aryl methyl sites for hydroxylation is 2. The smallest absolute Gasteiger partial charge is 0.253 e. The van der Waals surface area contributed by atoms with Gasteiger partial charge < -0.3 is 19.7 Å². The molecule has 0 saturated carbocycles. The molecule has 5 aromatic rings. The van der Waals surface area contributed by atoms with Crippen LogP contribution in [0.3, 0.4) is 0 Å². The Hall–Kier alpha value is -4.25. The fourth-order valence-corrected chi connectivity index (χ4v) is 5.48. The predicted molar refractivity (Wildman–Crippen MR) is 158 cm³/mol. The van der Waals surface area contributed by atoms with Crippen molar-refractivity contribution in [2.24, 2.45) is 7.05 Å². The van der Waals surface area contributed by atoms with Crippen LogP contribution in [0.15, 0.2) is 71.9 Å². The zero-order chi connectivity index (χ0) is 29.6. The van der Waals surface area contributed by atoms with Gasteiger partial charge in [0.05, 0.1) is 47.8 Å². The number of rotatable bonds is 6. The van der Waals surface area contributed by atoms with Crippen molar-refractivity contribution in [2.75, 3.05) is 13.2 Å². The molecule has 2 N–H and O–H groups in total. The van der Waals surface area contributed by atoms with Crippen LogP contribution in [0, 0.1) is 12.7 Å². The topological polar surface area (TPSA) is 107 Å². The van der Waals surface area contributed by atoms with E-state index in [1.807, 2.05) is 36.7 Å². The van der Waals surface area contributed by atoms with Gasteiger partial charge in [-0.2, -0.15) is 5.10 Å². The van der Waals surface area contributed by atoms with E-state index in [1.165, 1.54) is 12.1 Å². The Balaban J connectivity index is 1.52. The minimum Gasteiger partial charge on any atom is -0.389 e. The Morgan fingerprint density at radius 1 is 1.07 bits per heavy atom. The van der Waals surface area contributed by atoms with Crippen LogP contribution in [0.5, 0.6) is 0 Å². The maximum atomic E-state index is 13.8. The molecular formula is C32H33FN6O3. The van der Waals surface area contributed by atoms with E-state index in [0.717, 1.165) is 27.6 Å². The molecule has 4 heterocycles. The number of aliphatic hydroxyl groups is 1. The van der Waals surface area contributed by atoms with Crippen molar-refractivity contribution in [1.29, 1.82) is 0 Å². The van der Waals surface area contributed by atoms with E-state index >= 15 is 0 Å². The summed E-state index contributed by atoms with van der Waals surface area (Å²) in [7, 11) is 1.74. The Labute approximate surface area is 242 Å². The second-order valence-electron chi connectivity index (χ2n) is 11.5. The van der Waals surface area contributed by atoms with Gasteiger partial charge in [0.1, 0.15) is 11.9 Å². The fraction of sp³-hybridized carbons (Fsp3) is 0.312. The summed E-state index contributed by atoms with van der Waals surface area (Å²) in [5, 5.41) is 19.0. The third kappa shape index (κ3) is 5.61. The average molecular weight is 569 g/mol. The highest BCUT2D eigenvalue weighted by atomic mass is 19.1. The Morgan fingerprint density at radius 2 is 1.86 bits per heavy atom. The summed E-state index contributed by atoms with van der Waals surface area (Å²) in [5.74, 6) is 0.180. The Morgan fingerprint density at radius 3 is 2.60 bits per heavy atom. The van der Waals surface area contributed by atoms with Gasteiger partial charge >= 0.3 is 0 Å². The highest BCUT2D eigenvalue weighted by Crippen LogP contribution is 2.38. The van der Waals surface area contributed by atoms with E-state index in [0.29, 0.717) is 42.3 Å². The zero-order valence-electron chi connectivity index (χ0n) is 24.0. The van der Waals surface area contributed by atoms with Crippen molar-refractivity contribution < 1.29 is 14.2 Å². The van der Waals surface area contributed by atoms with E-state index in [4.69, 9.17) is 14.7 Å². The molecule has 0 amide bonds. The monoisotopic (exact) mass is 568 g/mol. The number of hydrogen-bond donors (Lipinski definition) is 2. The largest absolute Gasteiger partial charge is 0.389 e. The van der Waals surface area contributed by atoms with Gasteiger partial charge in [0.15, 0.2) is 5.82 Å². The summed E-state index contributed by atoms with van der Waals surface area (Å²) in [6.07, 6.45) is 4.84. The van der Waals surface area contributed by atoms with Gasteiger partial charge in [-0.15, -0.1) is 0 Å². The van der Waals surface area contributed by atoms with E-state index < -0.39 is 11.7 Å². The molecule has 2 aromatic carbocycles. The molecule has 0 aliphatic carbocycles. The molecule has 9 nitrogen and oxygen atoms in total. The van der Waals surface area contributed by atoms with Gasteiger partial charge in [-0.1, -0.05) is 18.2 Å². The first-order valence-electron chi connectivity index (χ1n) is 13.9. The minimum atomic E-state index is -0.932. The van der Waals surface area contributed by atoms with Gasteiger partial charge in [-0.3, -0.25) is 9.48 Å². The normalized spacial score (nSPS) is 17.6. The number of pyridine rings is 1. The van der Waals surface area contributed by atoms with Gasteiger partial charge in [-0.25, -0.2) is 14.4 Å². The third-order valence-corrected chi connectivity index (χ3v) is 7.43. The van der Waals surface area contributed by atoms with Crippen LogP contribution in [0.2, 0.25) is 0 Å². The SMILES string of the molecule is Cc1cc(-c2ccc3nc(-c4cnn(CC(C)(C)O)c4)nc([C@H]4OCCNC4c4ccc(F)cc4)c3c2)cn(C)c1=O. The Kier molecular flexibility index (Phi) is 7.22. The first-order chi connectivity index (χ1) is 20.1. The van der Waals surface area contributed by atoms with E-state index in [2.05, 4.69) is 10.4 Å². The predicted octanol–water partition coefficient (Wildman–Crippen LogP) is 4.48. The lowest BCUT2D eigenvalue weighted by atomic mass is 9.94. The molecule has 0 bridgehead atoms. The molecule has 2 atom stereocenters. The number of morpholine rings is 1. The van der Waals surface area contributed by atoms with Crippen molar-refractivity contribution in [3.63, 3.8) is 0 Å². The maximum absolute atomic E-state index is 13.8. The van der Waals surface area contributed by atoms with Crippen LogP contribution in [0.25, 0.3) is 33.4 Å². The molecule has 0 radical (unpaired) electrons. The van der Waals surface area contributed by atoms with Gasteiger partial charge in [-0.05, 0) is 67.8 Å². The lowest BCUT2D eigenvalue weighted by molar-refractivity contribution is -0.00794. The van der Waals surface area contributed by atoms with Crippen LogP contribution in [0.4, 0.5) is 4.39 Å². The van der Waals surface area contributed by atoms with Crippen LogP contribution in [-0.2, 0) is 18.3 Å². The highest BCUT2D eigenvalue weighted by molar-refractivity contribution is 5.88. The maximum Gasteiger partial charge on any atom is 0.253 e. The Bertz CT molecular complexity index is 1800. The fourth-order valence-electron chi connectivity index (χ4n) is 5.48. The molecule has 10 heteroatoms. The van der Waals surface area contributed by atoms with Crippen molar-refractivity contribution in [2.45, 2.75) is 45.1 Å². The summed E-state index contributed by atoms with van der Waals surface area (Å²) < 4.78 is 23.4. The van der Waals surface area contributed by atoms with Crippen LogP contribution >= 0.6 is 0 Å². The van der Waals surface area contributed by atoms with Crippen LogP contribution < -0.4 is 10.9 Å². The standard InChI is InChI=1S/C32H33FN6O3/c1-19-13-22(16-38(4)31(19)40)21-7-10-26-25(14-21)28(29-27(34-11-12-42-29)20-5-8-24(33)9-6-20)37-30(36-26)23-15-35-39(17-23)18-32(2,3)41/h5-10,13-17,27,29,34,41H,11-12,18H2,1-4H3/t27?,29-/m0/s1. The number of nitrogens with zero attached hydrogens (tertiary/aromatic N) is 5. The van der Waals surface area contributed by atoms with Crippen LogP contribution in [-0.4, -0.2) is 48.2 Å². The molecule has 1 aliphatic heterocycles. The second kappa shape index (κ2) is 10.9. The first kappa shape index (κ1) is 27.9. The molecule has 1 aliphatic rings. The summed E-state index contributed by atoms with van der Waals surface area (Å²) >= 11 is 0. The quantitative estimate of drug-likeness (QED) is 0.311. The number of benzene rings is 2. The molecule has 1 fully saturated rings. The number of nitrogens with one attached hydrogen (secondary N) is 1. The van der Waals surface area contributed by atoms with Crippen molar-refractivity contribution >= 4 is 10.9 Å². The van der Waals surface area contributed by atoms with Gasteiger partial charge in [0.25, 0.3) is 5.56 Å². The molecule has 3 aromatic heterocycles. The molecule has 6 rings (SSSR count). The van der Waals surface area contributed by atoms with Gasteiger partial charge in [0.2, 0.25) is 0 Å². The van der Waals surface area contributed by atoms with Crippen molar-refractivity contribution in [3.05, 3.63) is 100 Å². The highest BCUT2D eigenvalue weighted by Gasteiger charge is 2.32. The van der Waals surface area contributed by atoms with Gasteiger partial charge in [0, 0.05) is 36.9 Å². The van der Waals surface area contributed by atoms with Crippen LogP contribution in [0.1, 0.15) is 42.8 Å². The van der Waals surface area contributed by atoms with Crippen molar-refractivity contribution in [3.8, 4) is 22.5 Å². The third-order valence-electron chi connectivity index (χ3n) is 7.43. The molecule has 0 spiro atoms. The van der Waals surface area contributed by atoms with E-state index in [1.54, 1.807) is 55.4 Å². The second-order valence-corrected chi connectivity index (χ2v) is 11.5. The number of fused-ring (bicyclic) bond motifs is 1. The number of hydrogen-bond acceptors (Lipinski definition) is 7. The summed E-state index contributed by atoms with van der Waals surface area (Å²) in [5.41, 5.74) is 4.51. The number of halogens is 1. The molecule has 1 unspecified atom stereocenters. The zero-order valence-corrected chi connectivity index (χ0v) is 24.0. The summed E-state index contributed by atoms with van der Waals surface area (Å²) in [6, 6.07) is 14.0. The average Bonchev–Trinajstić information content (AvgIpc) is 3.42. The molecular weight excluding hydrogens is 535 g/mol. The molecule has 1 saturated heterocycles. The molecule has 42 heavy (non-hydrogen) atoms. The van der Waals surface area contributed by atoms with Crippen molar-refractivity contribution in [1.82, 2.24) is 29.6 Å². The number of aromatic nitrogens is 5. The first-order valence-corrected chi connectivity index (χ1v) is 13.9. The summed E-state index contributed by atoms with van der Waals surface area (Å²) in [4.78, 5) is 22.3. The number of ether oxygens (including phenoxy) is 1. The minimum absolute atomic E-state index is 0.0397. The van der Waals surface area contributed by atoms with E-state index in [-0.39, 0.29) is 17.4 Å².